The van der Waals surface area contributed by atoms with Gasteiger partial charge in [-0.3, -0.25) is 19.4 Å². The first kappa shape index (κ1) is 34.7. The SMILES string of the molecule is CC(=O)NCCCCCC(=O)NCc1ccc([C@H]2O[C@@H](CN3CCN(Cc4ccccc4)CC3)C[C@@H](c3ccc(CO)cc3)O2)cc1. The highest BCUT2D eigenvalue weighted by atomic mass is 16.7. The number of carbonyl (C=O) groups is 2. The third-order valence-corrected chi connectivity index (χ3v) is 8.99. The summed E-state index contributed by atoms with van der Waals surface area (Å²) in [5.74, 6) is 0.0128. The maximum Gasteiger partial charge on any atom is 0.220 e. The Kier molecular flexibility index (Phi) is 13.4. The number of amides is 2. The van der Waals surface area contributed by atoms with Crippen LogP contribution >= 0.6 is 0 Å². The predicted octanol–water partition coefficient (Wildman–Crippen LogP) is 4.85. The zero-order valence-corrected chi connectivity index (χ0v) is 27.6. The van der Waals surface area contributed by atoms with Crippen LogP contribution in [0, 0.1) is 0 Å². The lowest BCUT2D eigenvalue weighted by Crippen LogP contribution is -2.49. The van der Waals surface area contributed by atoms with Crippen molar-refractivity contribution in [3.8, 4) is 0 Å². The molecular weight excluding hydrogens is 592 g/mol. The van der Waals surface area contributed by atoms with Gasteiger partial charge in [-0.05, 0) is 35.1 Å². The lowest BCUT2D eigenvalue weighted by Gasteiger charge is -2.40. The van der Waals surface area contributed by atoms with Crippen molar-refractivity contribution < 1.29 is 24.2 Å². The van der Waals surface area contributed by atoms with Crippen LogP contribution in [-0.2, 0) is 38.8 Å². The zero-order valence-electron chi connectivity index (χ0n) is 27.6. The lowest BCUT2D eigenvalue weighted by molar-refractivity contribution is -0.253. The van der Waals surface area contributed by atoms with Gasteiger partial charge in [-0.15, -0.1) is 0 Å². The normalized spacial score (nSPS) is 20.5. The Morgan fingerprint density at radius 1 is 0.766 bits per heavy atom. The van der Waals surface area contributed by atoms with Crippen molar-refractivity contribution in [1.29, 1.82) is 0 Å². The largest absolute Gasteiger partial charge is 0.392 e. The fourth-order valence-corrected chi connectivity index (χ4v) is 6.23. The van der Waals surface area contributed by atoms with Crippen molar-refractivity contribution in [3.05, 3.63) is 107 Å². The van der Waals surface area contributed by atoms with Crippen molar-refractivity contribution in [2.24, 2.45) is 0 Å². The number of rotatable bonds is 15. The molecule has 9 heteroatoms. The number of nitrogens with one attached hydrogen (secondary N) is 2. The van der Waals surface area contributed by atoms with Crippen LogP contribution in [0.2, 0.25) is 0 Å². The van der Waals surface area contributed by atoms with Gasteiger partial charge in [0.1, 0.15) is 0 Å². The van der Waals surface area contributed by atoms with Gasteiger partial charge in [0, 0.05) is 77.7 Å². The van der Waals surface area contributed by atoms with Crippen LogP contribution in [0.1, 0.15) is 79.2 Å². The zero-order chi connectivity index (χ0) is 32.8. The molecule has 0 spiro atoms. The Morgan fingerprint density at radius 3 is 2.15 bits per heavy atom. The molecule has 9 nitrogen and oxygen atoms in total. The minimum Gasteiger partial charge on any atom is -0.392 e. The van der Waals surface area contributed by atoms with Crippen molar-refractivity contribution in [2.75, 3.05) is 39.3 Å². The van der Waals surface area contributed by atoms with Gasteiger partial charge in [-0.1, -0.05) is 85.3 Å². The Labute approximate surface area is 279 Å². The number of aliphatic hydroxyl groups is 1. The molecule has 3 aromatic rings. The van der Waals surface area contributed by atoms with Gasteiger partial charge in [0.15, 0.2) is 6.29 Å². The Hall–Kier alpha value is -3.60. The molecule has 0 bridgehead atoms. The fourth-order valence-electron chi connectivity index (χ4n) is 6.23. The Morgan fingerprint density at radius 2 is 1.45 bits per heavy atom. The summed E-state index contributed by atoms with van der Waals surface area (Å²) in [4.78, 5) is 28.3. The lowest BCUT2D eigenvalue weighted by atomic mass is 9.99. The Bertz CT molecular complexity index is 1380. The highest BCUT2D eigenvalue weighted by Gasteiger charge is 2.33. The van der Waals surface area contributed by atoms with Crippen molar-refractivity contribution >= 4 is 11.8 Å². The number of piperazine rings is 1. The van der Waals surface area contributed by atoms with E-state index in [2.05, 4.69) is 50.8 Å². The second-order valence-electron chi connectivity index (χ2n) is 12.7. The van der Waals surface area contributed by atoms with E-state index in [1.165, 1.54) is 12.5 Å². The predicted molar refractivity (Wildman–Crippen MR) is 182 cm³/mol. The molecule has 2 amide bonds. The molecule has 2 fully saturated rings. The number of carbonyl (C=O) groups excluding carboxylic acids is 2. The molecule has 0 saturated carbocycles. The van der Waals surface area contributed by atoms with E-state index in [1.54, 1.807) is 0 Å². The molecule has 47 heavy (non-hydrogen) atoms. The number of ether oxygens (including phenoxy) is 2. The van der Waals surface area contributed by atoms with E-state index in [-0.39, 0.29) is 30.6 Å². The van der Waals surface area contributed by atoms with Gasteiger partial charge < -0.3 is 25.2 Å². The quantitative estimate of drug-likeness (QED) is 0.204. The summed E-state index contributed by atoms with van der Waals surface area (Å²) in [7, 11) is 0. The van der Waals surface area contributed by atoms with Gasteiger partial charge in [-0.25, -0.2) is 0 Å². The summed E-state index contributed by atoms with van der Waals surface area (Å²) >= 11 is 0. The number of unbranched alkanes of at least 4 members (excludes halogenated alkanes) is 2. The molecule has 2 saturated heterocycles. The van der Waals surface area contributed by atoms with Crippen LogP contribution in [0.3, 0.4) is 0 Å². The van der Waals surface area contributed by atoms with Crippen molar-refractivity contribution in [2.45, 2.75) is 77.2 Å². The highest BCUT2D eigenvalue weighted by Crippen LogP contribution is 2.38. The van der Waals surface area contributed by atoms with E-state index in [0.717, 1.165) is 87.2 Å². The fraction of sp³-hybridized carbons (Fsp3) is 0.474. The molecule has 2 heterocycles. The second-order valence-corrected chi connectivity index (χ2v) is 12.7. The number of hydrogen-bond donors (Lipinski definition) is 3. The van der Waals surface area contributed by atoms with Crippen LogP contribution in [0.4, 0.5) is 0 Å². The van der Waals surface area contributed by atoms with E-state index in [1.807, 2.05) is 48.5 Å². The summed E-state index contributed by atoms with van der Waals surface area (Å²) in [6.45, 7) is 8.56. The van der Waals surface area contributed by atoms with Gasteiger partial charge in [-0.2, -0.15) is 0 Å². The second kappa shape index (κ2) is 18.1. The van der Waals surface area contributed by atoms with Gasteiger partial charge in [0.2, 0.25) is 11.8 Å². The van der Waals surface area contributed by atoms with E-state index in [9.17, 15) is 14.7 Å². The maximum absolute atomic E-state index is 12.3. The van der Waals surface area contributed by atoms with Gasteiger partial charge >= 0.3 is 0 Å². The smallest absolute Gasteiger partial charge is 0.220 e. The summed E-state index contributed by atoms with van der Waals surface area (Å²) in [6.07, 6.45) is 3.20. The van der Waals surface area contributed by atoms with E-state index < -0.39 is 6.29 Å². The third kappa shape index (κ3) is 11.3. The Balaban J connectivity index is 1.14. The molecule has 0 aromatic heterocycles. The minimum atomic E-state index is -0.503. The van der Waals surface area contributed by atoms with Crippen LogP contribution in [0.5, 0.6) is 0 Å². The molecular formula is C38H50N4O5. The molecule has 3 atom stereocenters. The highest BCUT2D eigenvalue weighted by molar-refractivity contribution is 5.75. The van der Waals surface area contributed by atoms with E-state index in [4.69, 9.17) is 9.47 Å². The van der Waals surface area contributed by atoms with Crippen molar-refractivity contribution in [3.63, 3.8) is 0 Å². The average molecular weight is 643 g/mol. The molecule has 2 aliphatic rings. The first-order chi connectivity index (χ1) is 22.9. The van der Waals surface area contributed by atoms with Crippen LogP contribution in [0.25, 0.3) is 0 Å². The molecule has 5 rings (SSSR count). The topological polar surface area (TPSA) is 103 Å². The molecule has 2 aliphatic heterocycles. The van der Waals surface area contributed by atoms with Crippen LogP contribution in [0.15, 0.2) is 78.9 Å². The molecule has 3 aromatic carbocycles. The number of nitrogens with zero attached hydrogens (tertiary/aromatic N) is 2. The number of benzene rings is 3. The standard InChI is InChI=1S/C38H50N4O5/c1-29(44)39-19-7-3-6-10-37(45)40-25-30-11-17-34(18-12-30)38-46-35(24-36(47-38)33-15-13-32(28-43)14-16-33)27-42-22-20-41(21-23-42)26-31-8-4-2-5-9-31/h2,4-5,8-9,11-18,35-36,38,43H,3,6-7,10,19-28H2,1H3,(H,39,44)(H,40,45)/t35-,36+,38+/m1/s1. The average Bonchev–Trinajstić information content (AvgIpc) is 3.10. The summed E-state index contributed by atoms with van der Waals surface area (Å²) in [5, 5.41) is 15.3. The molecule has 0 aliphatic carbocycles. The van der Waals surface area contributed by atoms with Gasteiger partial charge in [0.05, 0.1) is 18.8 Å². The third-order valence-electron chi connectivity index (χ3n) is 8.99. The summed E-state index contributed by atoms with van der Waals surface area (Å²) < 4.78 is 13.2. The van der Waals surface area contributed by atoms with Crippen molar-refractivity contribution in [1.82, 2.24) is 20.4 Å². The first-order valence-electron chi connectivity index (χ1n) is 17.0. The summed E-state index contributed by atoms with van der Waals surface area (Å²) in [5.41, 5.74) is 5.29. The molecule has 3 N–H and O–H groups in total. The van der Waals surface area contributed by atoms with Gasteiger partial charge in [0.25, 0.3) is 0 Å². The van der Waals surface area contributed by atoms with Crippen LogP contribution in [-0.4, -0.2) is 72.1 Å². The monoisotopic (exact) mass is 642 g/mol. The number of hydrogen-bond acceptors (Lipinski definition) is 7. The minimum absolute atomic E-state index is 0.00847. The molecule has 0 unspecified atom stereocenters. The molecule has 252 valence electrons. The van der Waals surface area contributed by atoms with Crippen LogP contribution < -0.4 is 10.6 Å². The van der Waals surface area contributed by atoms with E-state index >= 15 is 0 Å². The molecule has 0 radical (unpaired) electrons. The maximum atomic E-state index is 12.3. The first-order valence-corrected chi connectivity index (χ1v) is 17.0. The van der Waals surface area contributed by atoms with E-state index in [0.29, 0.717) is 19.5 Å². The summed E-state index contributed by atoms with van der Waals surface area (Å²) in [6, 6.07) is 26.8. The number of aliphatic hydroxyl groups excluding tert-OH is 1.